The molecule has 0 unspecified atom stereocenters. The fourth-order valence-corrected chi connectivity index (χ4v) is 3.10. The highest BCUT2D eigenvalue weighted by Crippen LogP contribution is 2.25. The van der Waals surface area contributed by atoms with Gasteiger partial charge in [0.25, 0.3) is 0 Å². The zero-order valence-electron chi connectivity index (χ0n) is 11.1. The highest BCUT2D eigenvalue weighted by Gasteiger charge is 2.19. The molecule has 1 heterocycles. The van der Waals surface area contributed by atoms with Gasteiger partial charge in [-0.15, -0.1) is 0 Å². The van der Waals surface area contributed by atoms with Crippen molar-refractivity contribution in [1.29, 1.82) is 0 Å². The lowest BCUT2D eigenvalue weighted by molar-refractivity contribution is 0.0986. The van der Waals surface area contributed by atoms with E-state index < -0.39 is 5.82 Å². The lowest BCUT2D eigenvalue weighted by atomic mass is 10.1. The number of hydrogen-bond donors (Lipinski definition) is 0. The molecule has 2 aromatic rings. The van der Waals surface area contributed by atoms with E-state index in [0.29, 0.717) is 4.47 Å². The second kappa shape index (κ2) is 6.18. The third kappa shape index (κ3) is 2.86. The predicted molar refractivity (Wildman–Crippen MR) is 82.4 cm³/mol. The molecule has 1 aromatic carbocycles. The van der Waals surface area contributed by atoms with Gasteiger partial charge in [-0.25, -0.2) is 4.39 Å². The summed E-state index contributed by atoms with van der Waals surface area (Å²) in [5, 5.41) is 4.33. The Kier molecular flexibility index (Phi) is 4.75. The number of benzene rings is 1. The van der Waals surface area contributed by atoms with E-state index in [0.717, 1.165) is 22.3 Å². The molecule has 3 nitrogen and oxygen atoms in total. The second-order valence-electron chi connectivity index (χ2n) is 4.39. The number of aromatic nitrogens is 2. The Morgan fingerprint density at radius 1 is 1.40 bits per heavy atom. The number of hydrogen-bond acceptors (Lipinski definition) is 2. The fraction of sp³-hybridized carbons (Fsp3) is 0.286. The SMILES string of the molecule is CCc1nn(C)c(CC(=O)c2cccc(Br)c2F)c1Br. The molecule has 106 valence electrons. The average molecular weight is 404 g/mol. The molecule has 0 aliphatic rings. The minimum Gasteiger partial charge on any atom is -0.294 e. The average Bonchev–Trinajstić information content (AvgIpc) is 2.69. The van der Waals surface area contributed by atoms with E-state index in [1.807, 2.05) is 6.92 Å². The molecule has 6 heteroatoms. The molecule has 0 saturated carbocycles. The molecule has 0 aliphatic carbocycles. The summed E-state index contributed by atoms with van der Waals surface area (Å²) in [6.45, 7) is 1.99. The Bertz CT molecular complexity index is 667. The fourth-order valence-electron chi connectivity index (χ4n) is 1.98. The van der Waals surface area contributed by atoms with Gasteiger partial charge in [-0.05, 0) is 50.4 Å². The van der Waals surface area contributed by atoms with E-state index in [1.165, 1.54) is 6.07 Å². The molecule has 0 radical (unpaired) electrons. The van der Waals surface area contributed by atoms with Crippen molar-refractivity contribution in [3.8, 4) is 0 Å². The molecule has 0 N–H and O–H groups in total. The summed E-state index contributed by atoms with van der Waals surface area (Å²) in [7, 11) is 1.78. The number of ketones is 1. The number of carbonyl (C=O) groups is 1. The highest BCUT2D eigenvalue weighted by atomic mass is 79.9. The molecule has 0 aliphatic heterocycles. The number of nitrogens with zero attached hydrogens (tertiary/aromatic N) is 2. The Morgan fingerprint density at radius 3 is 2.70 bits per heavy atom. The number of rotatable bonds is 4. The van der Waals surface area contributed by atoms with Crippen LogP contribution in [0.1, 0.15) is 28.7 Å². The smallest absolute Gasteiger partial charge is 0.171 e. The van der Waals surface area contributed by atoms with Crippen molar-refractivity contribution >= 4 is 37.6 Å². The molecule has 0 atom stereocenters. The number of aryl methyl sites for hydroxylation is 2. The minimum absolute atomic E-state index is 0.0884. The molecule has 0 saturated heterocycles. The van der Waals surface area contributed by atoms with Gasteiger partial charge in [0.2, 0.25) is 0 Å². The quantitative estimate of drug-likeness (QED) is 0.721. The van der Waals surface area contributed by atoms with E-state index >= 15 is 0 Å². The first-order valence-electron chi connectivity index (χ1n) is 6.13. The van der Waals surface area contributed by atoms with Gasteiger partial charge in [0.1, 0.15) is 5.82 Å². The minimum atomic E-state index is -0.522. The van der Waals surface area contributed by atoms with Crippen molar-refractivity contribution in [2.24, 2.45) is 7.05 Å². The van der Waals surface area contributed by atoms with Crippen LogP contribution in [0, 0.1) is 5.82 Å². The van der Waals surface area contributed by atoms with Gasteiger partial charge in [0.05, 0.1) is 32.3 Å². The van der Waals surface area contributed by atoms with Crippen molar-refractivity contribution in [2.45, 2.75) is 19.8 Å². The van der Waals surface area contributed by atoms with Crippen LogP contribution in [0.5, 0.6) is 0 Å². The van der Waals surface area contributed by atoms with Crippen LogP contribution in [-0.4, -0.2) is 15.6 Å². The molecule has 2 rings (SSSR count). The molecular formula is C14H13Br2FN2O. The number of carbonyl (C=O) groups excluding carboxylic acids is 1. The van der Waals surface area contributed by atoms with Crippen LogP contribution in [0.15, 0.2) is 27.1 Å². The lowest BCUT2D eigenvalue weighted by Crippen LogP contribution is -2.10. The van der Waals surface area contributed by atoms with Crippen LogP contribution in [-0.2, 0) is 19.9 Å². The van der Waals surface area contributed by atoms with Crippen molar-refractivity contribution in [3.63, 3.8) is 0 Å². The summed E-state index contributed by atoms with van der Waals surface area (Å²) < 4.78 is 16.7. The van der Waals surface area contributed by atoms with Crippen molar-refractivity contribution in [2.75, 3.05) is 0 Å². The van der Waals surface area contributed by atoms with Crippen LogP contribution < -0.4 is 0 Å². The Morgan fingerprint density at radius 2 is 2.10 bits per heavy atom. The van der Waals surface area contributed by atoms with Gasteiger partial charge in [0.15, 0.2) is 5.78 Å². The normalized spacial score (nSPS) is 10.8. The monoisotopic (exact) mass is 402 g/mol. The Hall–Kier alpha value is -1.01. The van der Waals surface area contributed by atoms with E-state index in [9.17, 15) is 9.18 Å². The van der Waals surface area contributed by atoms with Crippen molar-refractivity contribution in [1.82, 2.24) is 9.78 Å². The third-order valence-corrected chi connectivity index (χ3v) is 4.61. The Balaban J connectivity index is 2.33. The zero-order valence-corrected chi connectivity index (χ0v) is 14.3. The summed E-state index contributed by atoms with van der Waals surface area (Å²) in [4.78, 5) is 12.3. The molecule has 20 heavy (non-hydrogen) atoms. The Labute approximate surface area is 133 Å². The first-order valence-corrected chi connectivity index (χ1v) is 7.71. The standard InChI is InChI=1S/C14H13Br2FN2O/c1-3-10-13(16)11(19(2)18-10)7-12(20)8-5-4-6-9(15)14(8)17/h4-6H,3,7H2,1-2H3. The van der Waals surface area contributed by atoms with E-state index in [4.69, 9.17) is 0 Å². The zero-order chi connectivity index (χ0) is 14.9. The molecule has 0 amide bonds. The van der Waals surface area contributed by atoms with Crippen molar-refractivity contribution < 1.29 is 9.18 Å². The molecule has 1 aromatic heterocycles. The molecule has 0 fully saturated rings. The number of Topliss-reactive ketones (excluding diaryl/α,β-unsaturated/α-hetero) is 1. The summed E-state index contributed by atoms with van der Waals surface area (Å²) in [6, 6.07) is 4.71. The summed E-state index contributed by atoms with van der Waals surface area (Å²) in [6.07, 6.45) is 0.880. The molecule has 0 bridgehead atoms. The summed E-state index contributed by atoms with van der Waals surface area (Å²) in [5.74, 6) is -0.790. The van der Waals surface area contributed by atoms with Gasteiger partial charge in [-0.1, -0.05) is 13.0 Å². The summed E-state index contributed by atoms with van der Waals surface area (Å²) in [5.41, 5.74) is 1.74. The maximum atomic E-state index is 13.9. The van der Waals surface area contributed by atoms with E-state index in [2.05, 4.69) is 37.0 Å². The first kappa shape index (κ1) is 15.4. The maximum Gasteiger partial charge on any atom is 0.171 e. The van der Waals surface area contributed by atoms with Gasteiger partial charge >= 0.3 is 0 Å². The maximum absolute atomic E-state index is 13.9. The summed E-state index contributed by atoms with van der Waals surface area (Å²) >= 11 is 6.55. The van der Waals surface area contributed by atoms with Gasteiger partial charge in [0, 0.05) is 7.05 Å². The topological polar surface area (TPSA) is 34.9 Å². The van der Waals surface area contributed by atoms with Crippen molar-refractivity contribution in [3.05, 3.63) is 49.9 Å². The van der Waals surface area contributed by atoms with Crippen LogP contribution in [0.25, 0.3) is 0 Å². The van der Waals surface area contributed by atoms with E-state index in [-0.39, 0.29) is 17.8 Å². The lowest BCUT2D eigenvalue weighted by Gasteiger charge is -2.05. The van der Waals surface area contributed by atoms with Gasteiger partial charge in [-0.2, -0.15) is 5.10 Å². The largest absolute Gasteiger partial charge is 0.294 e. The molecular weight excluding hydrogens is 391 g/mol. The highest BCUT2D eigenvalue weighted by molar-refractivity contribution is 9.10. The second-order valence-corrected chi connectivity index (χ2v) is 6.03. The van der Waals surface area contributed by atoms with Crippen LogP contribution >= 0.6 is 31.9 Å². The van der Waals surface area contributed by atoms with E-state index in [1.54, 1.807) is 23.9 Å². The van der Waals surface area contributed by atoms with Gasteiger partial charge < -0.3 is 0 Å². The van der Waals surface area contributed by atoms with Crippen LogP contribution in [0.4, 0.5) is 4.39 Å². The van der Waals surface area contributed by atoms with Crippen LogP contribution in [0.3, 0.4) is 0 Å². The predicted octanol–water partition coefficient (Wildman–Crippen LogP) is 4.07. The van der Waals surface area contributed by atoms with Crippen LogP contribution in [0.2, 0.25) is 0 Å². The molecule has 0 spiro atoms. The van der Waals surface area contributed by atoms with Gasteiger partial charge in [-0.3, -0.25) is 9.48 Å². The third-order valence-electron chi connectivity index (χ3n) is 3.08. The first-order chi connectivity index (χ1) is 9.45. The number of halogens is 3.